The Morgan fingerprint density at radius 1 is 1.36 bits per heavy atom. The molecule has 1 aliphatic carbocycles. The smallest absolute Gasteiger partial charge is 0.272 e. The third-order valence-corrected chi connectivity index (χ3v) is 5.84. The molecule has 0 saturated heterocycles. The van der Waals surface area contributed by atoms with Gasteiger partial charge in [0.2, 0.25) is 5.78 Å². The molecule has 3 rings (SSSR count). The van der Waals surface area contributed by atoms with E-state index in [0.29, 0.717) is 12.2 Å². The van der Waals surface area contributed by atoms with Crippen LogP contribution in [0.2, 0.25) is 0 Å². The van der Waals surface area contributed by atoms with Crippen LogP contribution in [0.5, 0.6) is 11.5 Å². The Morgan fingerprint density at radius 2 is 2.08 bits per heavy atom. The summed E-state index contributed by atoms with van der Waals surface area (Å²) in [4.78, 5) is 12.5. The van der Waals surface area contributed by atoms with E-state index in [1.807, 2.05) is 13.8 Å². The van der Waals surface area contributed by atoms with Gasteiger partial charge in [-0.25, -0.2) is 0 Å². The lowest BCUT2D eigenvalue weighted by Gasteiger charge is -2.44. The Balaban J connectivity index is 1.66. The number of phenols is 1. The summed E-state index contributed by atoms with van der Waals surface area (Å²) in [5, 5.41) is 30.4. The lowest BCUT2D eigenvalue weighted by Crippen LogP contribution is -2.42. The van der Waals surface area contributed by atoms with Crippen LogP contribution in [-0.4, -0.2) is 33.0 Å². The molecule has 0 spiro atoms. The molecule has 25 heavy (non-hydrogen) atoms. The number of aromatic hydroxyl groups is 1. The van der Waals surface area contributed by atoms with E-state index < -0.39 is 11.6 Å². The van der Waals surface area contributed by atoms with Crippen LogP contribution in [0.3, 0.4) is 0 Å². The molecular weight excluding hydrogens is 320 g/mol. The number of rotatable bonds is 4. The van der Waals surface area contributed by atoms with Crippen molar-refractivity contribution in [1.29, 1.82) is 0 Å². The van der Waals surface area contributed by atoms with Gasteiger partial charge in [-0.05, 0) is 55.2 Å². The Kier molecular flexibility index (Phi) is 4.41. The maximum Gasteiger partial charge on any atom is 0.272 e. The molecular formula is C20H26O5. The average Bonchev–Trinajstić information content (AvgIpc) is 2.79. The second kappa shape index (κ2) is 6.15. The molecule has 5 nitrogen and oxygen atoms in total. The first kappa shape index (κ1) is 18.0. The quantitative estimate of drug-likeness (QED) is 0.729. The minimum absolute atomic E-state index is 0.0332. The molecule has 1 unspecified atom stereocenters. The highest BCUT2D eigenvalue weighted by molar-refractivity contribution is 6.06. The summed E-state index contributed by atoms with van der Waals surface area (Å²) in [5.74, 6) is -1.99. The highest BCUT2D eigenvalue weighted by Crippen LogP contribution is 2.46. The predicted octanol–water partition coefficient (Wildman–Crippen LogP) is 3.18. The summed E-state index contributed by atoms with van der Waals surface area (Å²) in [5.41, 5.74) is 1.06. The number of phenolic OH excluding ortho intramolecular Hbond substituents is 1. The van der Waals surface area contributed by atoms with Crippen molar-refractivity contribution < 1.29 is 24.9 Å². The van der Waals surface area contributed by atoms with Gasteiger partial charge in [0, 0.05) is 6.42 Å². The van der Waals surface area contributed by atoms with Crippen LogP contribution in [0, 0.1) is 11.3 Å². The van der Waals surface area contributed by atoms with Crippen molar-refractivity contribution in [3.05, 3.63) is 35.9 Å². The van der Waals surface area contributed by atoms with Crippen LogP contribution >= 0.6 is 0 Å². The second-order valence-electron chi connectivity index (χ2n) is 7.87. The number of hydrogen-bond donors (Lipinski definition) is 3. The van der Waals surface area contributed by atoms with Gasteiger partial charge in [-0.3, -0.25) is 4.79 Å². The summed E-state index contributed by atoms with van der Waals surface area (Å²) in [7, 11) is 0. The fourth-order valence-electron chi connectivity index (χ4n) is 4.14. The van der Waals surface area contributed by atoms with Gasteiger partial charge in [-0.15, -0.1) is 0 Å². The van der Waals surface area contributed by atoms with Gasteiger partial charge in [0.25, 0.3) is 5.79 Å². The van der Waals surface area contributed by atoms with Crippen LogP contribution in [-0.2, 0) is 0 Å². The minimum atomic E-state index is -1.88. The summed E-state index contributed by atoms with van der Waals surface area (Å²) in [6, 6.07) is 4.23. The first-order chi connectivity index (χ1) is 11.6. The summed E-state index contributed by atoms with van der Waals surface area (Å²) < 4.78 is 5.47. The van der Waals surface area contributed by atoms with Crippen molar-refractivity contribution in [3.8, 4) is 11.5 Å². The van der Waals surface area contributed by atoms with Crippen molar-refractivity contribution in [2.24, 2.45) is 11.3 Å². The highest BCUT2D eigenvalue weighted by atomic mass is 16.6. The van der Waals surface area contributed by atoms with Crippen LogP contribution in [0.1, 0.15) is 56.3 Å². The van der Waals surface area contributed by atoms with E-state index in [1.165, 1.54) is 18.2 Å². The molecule has 1 saturated carbocycles. The van der Waals surface area contributed by atoms with Crippen LogP contribution in [0.15, 0.2) is 30.4 Å². The van der Waals surface area contributed by atoms with Crippen LogP contribution in [0.25, 0.3) is 0 Å². The third kappa shape index (κ3) is 3.07. The number of hydrogen-bond acceptors (Lipinski definition) is 5. The third-order valence-electron chi connectivity index (χ3n) is 5.84. The lowest BCUT2D eigenvalue weighted by molar-refractivity contribution is -0.0977. The van der Waals surface area contributed by atoms with Crippen molar-refractivity contribution in [2.75, 3.05) is 0 Å². The molecule has 1 aromatic carbocycles. The van der Waals surface area contributed by atoms with Gasteiger partial charge in [0.15, 0.2) is 0 Å². The number of ether oxygens (including phenoxy) is 1. The number of aliphatic hydroxyl groups is 2. The van der Waals surface area contributed by atoms with Crippen LogP contribution in [0.4, 0.5) is 0 Å². The first-order valence-electron chi connectivity index (χ1n) is 8.80. The Bertz CT molecular complexity index is 708. The molecule has 2 aliphatic rings. The van der Waals surface area contributed by atoms with E-state index in [0.717, 1.165) is 24.8 Å². The molecule has 1 heterocycles. The number of ketones is 1. The number of Topliss-reactive ketones (excluding diaryl/α,β-unsaturated/α-hetero) is 1. The molecule has 0 amide bonds. The number of allylic oxidation sites excluding steroid dienone is 1. The SMILES string of the molecule is C=C1CC[C@H](O)C(C)(C)[C@@H]1CCCC1(O)Oc2ccc(O)cc2C1=O. The number of aliphatic hydroxyl groups excluding tert-OH is 1. The molecule has 5 heteroatoms. The Morgan fingerprint density at radius 3 is 2.80 bits per heavy atom. The second-order valence-corrected chi connectivity index (χ2v) is 7.87. The van der Waals surface area contributed by atoms with E-state index in [4.69, 9.17) is 4.74 Å². The van der Waals surface area contributed by atoms with Gasteiger partial charge >= 0.3 is 0 Å². The molecule has 0 aromatic heterocycles. The van der Waals surface area contributed by atoms with Gasteiger partial charge in [-0.2, -0.15) is 0 Å². The van der Waals surface area contributed by atoms with Gasteiger partial charge < -0.3 is 20.1 Å². The molecule has 1 fully saturated rings. The van der Waals surface area contributed by atoms with Crippen molar-refractivity contribution in [1.82, 2.24) is 0 Å². The topological polar surface area (TPSA) is 87.0 Å². The number of benzene rings is 1. The lowest BCUT2D eigenvalue weighted by atomic mass is 9.63. The van der Waals surface area contributed by atoms with Crippen LogP contribution < -0.4 is 4.74 Å². The van der Waals surface area contributed by atoms with Gasteiger partial charge in [0.05, 0.1) is 11.7 Å². The largest absolute Gasteiger partial charge is 0.508 e. The summed E-state index contributed by atoms with van der Waals surface area (Å²) in [6.45, 7) is 8.23. The van der Waals surface area contributed by atoms with Gasteiger partial charge in [-0.1, -0.05) is 26.0 Å². The zero-order valence-corrected chi connectivity index (χ0v) is 14.8. The Hall–Kier alpha value is -1.85. The molecule has 3 atom stereocenters. The van der Waals surface area contributed by atoms with Crippen molar-refractivity contribution in [2.45, 2.75) is 57.8 Å². The summed E-state index contributed by atoms with van der Waals surface area (Å²) in [6.07, 6.45) is 2.62. The standard InChI is InChI=1S/C20H26O5/c1-12-6-9-17(22)19(2,3)15(12)5-4-10-20(24)18(23)14-11-13(21)7-8-16(14)25-20/h7-8,11,15,17,21-22,24H,1,4-6,9-10H2,2-3H3/t15-,17+,20?/m1/s1. The van der Waals surface area contributed by atoms with E-state index in [9.17, 15) is 20.1 Å². The minimum Gasteiger partial charge on any atom is -0.508 e. The summed E-state index contributed by atoms with van der Waals surface area (Å²) >= 11 is 0. The first-order valence-corrected chi connectivity index (χ1v) is 8.80. The van der Waals surface area contributed by atoms with E-state index >= 15 is 0 Å². The number of carbonyl (C=O) groups excluding carboxylic acids is 1. The van der Waals surface area contributed by atoms with E-state index in [1.54, 1.807) is 0 Å². The number of carbonyl (C=O) groups is 1. The normalized spacial score (nSPS) is 30.9. The van der Waals surface area contributed by atoms with Gasteiger partial charge in [0.1, 0.15) is 11.5 Å². The zero-order valence-electron chi connectivity index (χ0n) is 14.8. The van der Waals surface area contributed by atoms with E-state index in [-0.39, 0.29) is 35.2 Å². The fraction of sp³-hybridized carbons (Fsp3) is 0.550. The molecule has 1 aromatic rings. The fourth-order valence-corrected chi connectivity index (χ4v) is 4.14. The maximum atomic E-state index is 12.5. The van der Waals surface area contributed by atoms with Crippen molar-refractivity contribution >= 4 is 5.78 Å². The number of fused-ring (bicyclic) bond motifs is 1. The molecule has 3 N–H and O–H groups in total. The maximum absolute atomic E-state index is 12.5. The molecule has 0 radical (unpaired) electrons. The van der Waals surface area contributed by atoms with E-state index in [2.05, 4.69) is 6.58 Å². The average molecular weight is 346 g/mol. The molecule has 136 valence electrons. The monoisotopic (exact) mass is 346 g/mol. The molecule has 0 bridgehead atoms. The highest BCUT2D eigenvalue weighted by Gasteiger charge is 2.47. The predicted molar refractivity (Wildman–Crippen MR) is 93.5 cm³/mol. The van der Waals surface area contributed by atoms with Crippen molar-refractivity contribution in [3.63, 3.8) is 0 Å². The Labute approximate surface area is 147 Å². The molecule has 1 aliphatic heterocycles. The zero-order chi connectivity index (χ0) is 18.4.